The molecule has 1 aliphatic carbocycles. The molecular formula is C17H23NO4S2. The molecule has 1 heterocycles. The van der Waals surface area contributed by atoms with Gasteiger partial charge in [-0.05, 0) is 48.9 Å². The Morgan fingerprint density at radius 1 is 1.29 bits per heavy atom. The molecular weight excluding hydrogens is 346 g/mol. The highest BCUT2D eigenvalue weighted by molar-refractivity contribution is 8.02. The fraction of sp³-hybridized carbons (Fsp3) is 0.588. The van der Waals surface area contributed by atoms with Gasteiger partial charge in [0.1, 0.15) is 12.4 Å². The number of sulfone groups is 1. The van der Waals surface area contributed by atoms with Crippen LogP contribution >= 0.6 is 11.8 Å². The molecule has 3 rings (SSSR count). The number of benzene rings is 1. The predicted octanol–water partition coefficient (Wildman–Crippen LogP) is 1.59. The van der Waals surface area contributed by atoms with Gasteiger partial charge in [-0.15, -0.1) is 11.8 Å². The van der Waals surface area contributed by atoms with Gasteiger partial charge in [0.15, 0.2) is 9.84 Å². The first-order valence-corrected chi connectivity index (χ1v) is 11.2. The van der Waals surface area contributed by atoms with E-state index in [0.29, 0.717) is 25.3 Å². The number of hydrogen-bond donors (Lipinski definition) is 1. The van der Waals surface area contributed by atoms with Crippen LogP contribution in [0, 0.1) is 0 Å². The summed E-state index contributed by atoms with van der Waals surface area (Å²) in [4.78, 5) is 11.8. The molecule has 0 radical (unpaired) electrons. The predicted molar refractivity (Wildman–Crippen MR) is 96.5 cm³/mol. The van der Waals surface area contributed by atoms with Crippen molar-refractivity contribution in [3.05, 3.63) is 29.3 Å². The van der Waals surface area contributed by atoms with E-state index in [2.05, 4.69) is 17.4 Å². The molecule has 5 nitrogen and oxygen atoms in total. The van der Waals surface area contributed by atoms with E-state index in [0.717, 1.165) is 18.6 Å². The number of aryl methyl sites for hydroxylation is 2. The first-order valence-electron chi connectivity index (χ1n) is 8.35. The molecule has 1 N–H and O–H groups in total. The Hall–Kier alpha value is -1.21. The first kappa shape index (κ1) is 17.6. The Morgan fingerprint density at radius 3 is 2.92 bits per heavy atom. The van der Waals surface area contributed by atoms with Gasteiger partial charge in [0.25, 0.3) is 0 Å². The minimum Gasteiger partial charge on any atom is -0.492 e. The Labute approximate surface area is 147 Å². The summed E-state index contributed by atoms with van der Waals surface area (Å²) in [6, 6.07) is 6.21. The SMILES string of the molecule is O=C(CS[C@@H]1CCS(=O)(=O)C1)NCCOc1ccc2c(c1)CCC2. The van der Waals surface area contributed by atoms with Crippen molar-refractivity contribution in [1.29, 1.82) is 0 Å². The Kier molecular flexibility index (Phi) is 5.71. The lowest BCUT2D eigenvalue weighted by Crippen LogP contribution is -2.30. The zero-order valence-corrected chi connectivity index (χ0v) is 15.3. The lowest BCUT2D eigenvalue weighted by molar-refractivity contribution is -0.118. The van der Waals surface area contributed by atoms with Gasteiger partial charge in [0, 0.05) is 5.25 Å². The molecule has 7 heteroatoms. The van der Waals surface area contributed by atoms with Gasteiger partial charge >= 0.3 is 0 Å². The third-order valence-corrected chi connectivity index (χ3v) is 7.69. The molecule has 1 aromatic carbocycles. The van der Waals surface area contributed by atoms with Crippen molar-refractivity contribution in [1.82, 2.24) is 5.32 Å². The number of hydrogen-bond acceptors (Lipinski definition) is 5. The number of carbonyl (C=O) groups is 1. The van der Waals surface area contributed by atoms with Crippen LogP contribution in [0.15, 0.2) is 18.2 Å². The number of amides is 1. The summed E-state index contributed by atoms with van der Waals surface area (Å²) in [7, 11) is -2.87. The number of rotatable bonds is 7. The molecule has 0 bridgehead atoms. The van der Waals surface area contributed by atoms with Crippen LogP contribution in [0.2, 0.25) is 0 Å². The normalized spacial score (nSPS) is 21.4. The topological polar surface area (TPSA) is 72.5 Å². The minimum atomic E-state index is -2.87. The molecule has 24 heavy (non-hydrogen) atoms. The average molecular weight is 370 g/mol. The maximum Gasteiger partial charge on any atom is 0.230 e. The quantitative estimate of drug-likeness (QED) is 0.739. The van der Waals surface area contributed by atoms with Crippen LogP contribution in [0.5, 0.6) is 5.75 Å². The lowest BCUT2D eigenvalue weighted by Gasteiger charge is -2.10. The highest BCUT2D eigenvalue weighted by atomic mass is 32.2. The van der Waals surface area contributed by atoms with Crippen LogP contribution in [0.3, 0.4) is 0 Å². The Morgan fingerprint density at radius 2 is 2.12 bits per heavy atom. The second kappa shape index (κ2) is 7.78. The summed E-state index contributed by atoms with van der Waals surface area (Å²) in [6.07, 6.45) is 4.15. The summed E-state index contributed by atoms with van der Waals surface area (Å²) in [6.45, 7) is 0.895. The molecule has 0 aromatic heterocycles. The van der Waals surface area contributed by atoms with Crippen LogP contribution in [-0.2, 0) is 27.5 Å². The highest BCUT2D eigenvalue weighted by Gasteiger charge is 2.28. The van der Waals surface area contributed by atoms with Crippen molar-refractivity contribution in [3.63, 3.8) is 0 Å². The fourth-order valence-electron chi connectivity index (χ4n) is 3.13. The minimum absolute atomic E-state index is 0.0587. The van der Waals surface area contributed by atoms with Crippen molar-refractivity contribution < 1.29 is 17.9 Å². The van der Waals surface area contributed by atoms with Gasteiger partial charge < -0.3 is 10.1 Å². The molecule has 1 amide bonds. The molecule has 1 aromatic rings. The summed E-state index contributed by atoms with van der Waals surface area (Å²) in [5.41, 5.74) is 2.79. The van der Waals surface area contributed by atoms with Crippen molar-refractivity contribution in [2.45, 2.75) is 30.9 Å². The van der Waals surface area contributed by atoms with Crippen molar-refractivity contribution in [3.8, 4) is 5.75 Å². The maximum absolute atomic E-state index is 11.8. The van der Waals surface area contributed by atoms with Gasteiger partial charge in [-0.2, -0.15) is 0 Å². The van der Waals surface area contributed by atoms with E-state index in [9.17, 15) is 13.2 Å². The van der Waals surface area contributed by atoms with E-state index in [1.807, 2.05) is 6.07 Å². The first-order chi connectivity index (χ1) is 11.5. The van der Waals surface area contributed by atoms with Crippen molar-refractivity contribution in [2.24, 2.45) is 0 Å². The number of fused-ring (bicyclic) bond motifs is 1. The van der Waals surface area contributed by atoms with E-state index in [1.165, 1.54) is 29.3 Å². The molecule has 0 spiro atoms. The highest BCUT2D eigenvalue weighted by Crippen LogP contribution is 2.26. The van der Waals surface area contributed by atoms with Gasteiger partial charge in [-0.1, -0.05) is 6.07 Å². The van der Waals surface area contributed by atoms with Gasteiger partial charge in [0.2, 0.25) is 5.91 Å². The van der Waals surface area contributed by atoms with Crippen LogP contribution in [-0.4, -0.2) is 50.0 Å². The van der Waals surface area contributed by atoms with Crippen molar-refractivity contribution >= 4 is 27.5 Å². The third-order valence-electron chi connectivity index (χ3n) is 4.40. The van der Waals surface area contributed by atoms with Crippen LogP contribution < -0.4 is 10.1 Å². The van der Waals surface area contributed by atoms with Crippen LogP contribution in [0.4, 0.5) is 0 Å². The Bertz CT molecular complexity index is 703. The van der Waals surface area contributed by atoms with E-state index in [-0.39, 0.29) is 22.7 Å². The molecule has 0 unspecified atom stereocenters. The molecule has 2 aliphatic rings. The smallest absolute Gasteiger partial charge is 0.230 e. The lowest BCUT2D eigenvalue weighted by atomic mass is 10.1. The number of thioether (sulfide) groups is 1. The fourth-order valence-corrected chi connectivity index (χ4v) is 6.61. The summed E-state index contributed by atoms with van der Waals surface area (Å²) in [5, 5.41) is 2.87. The van der Waals surface area contributed by atoms with Gasteiger partial charge in [-0.3, -0.25) is 4.79 Å². The van der Waals surface area contributed by atoms with Crippen LogP contribution in [0.25, 0.3) is 0 Å². The summed E-state index contributed by atoms with van der Waals surface area (Å²) in [5.74, 6) is 1.55. The van der Waals surface area contributed by atoms with Crippen LogP contribution in [0.1, 0.15) is 24.0 Å². The second-order valence-electron chi connectivity index (χ2n) is 6.32. The summed E-state index contributed by atoms with van der Waals surface area (Å²) < 4.78 is 28.4. The number of ether oxygens (including phenoxy) is 1. The van der Waals surface area contributed by atoms with E-state index in [4.69, 9.17) is 4.74 Å². The van der Waals surface area contributed by atoms with E-state index >= 15 is 0 Å². The number of carbonyl (C=O) groups excluding carboxylic acids is 1. The molecule has 132 valence electrons. The maximum atomic E-state index is 11.8. The molecule has 0 saturated carbocycles. The summed E-state index contributed by atoms with van der Waals surface area (Å²) >= 11 is 1.43. The number of nitrogens with one attached hydrogen (secondary N) is 1. The molecule has 1 aliphatic heterocycles. The average Bonchev–Trinajstić information content (AvgIpc) is 3.15. The second-order valence-corrected chi connectivity index (χ2v) is 9.84. The van der Waals surface area contributed by atoms with E-state index < -0.39 is 9.84 Å². The largest absolute Gasteiger partial charge is 0.492 e. The standard InChI is InChI=1S/C17H23NO4S2/c19-17(11-23-16-6-9-24(20,21)12-16)18-7-8-22-15-5-4-13-2-1-3-14(13)10-15/h4-5,10,16H,1-3,6-9,11-12H2,(H,18,19)/t16-/m1/s1. The third kappa shape index (κ3) is 4.89. The molecule has 1 atom stereocenters. The van der Waals surface area contributed by atoms with E-state index in [1.54, 1.807) is 0 Å². The zero-order valence-electron chi connectivity index (χ0n) is 13.6. The van der Waals surface area contributed by atoms with Gasteiger partial charge in [-0.25, -0.2) is 8.42 Å². The zero-order chi connectivity index (χ0) is 17.0. The van der Waals surface area contributed by atoms with Crippen molar-refractivity contribution in [2.75, 3.05) is 30.4 Å². The van der Waals surface area contributed by atoms with Gasteiger partial charge in [0.05, 0.1) is 23.8 Å². The molecule has 1 fully saturated rings. The Balaban J connectivity index is 1.31. The monoisotopic (exact) mass is 369 g/mol. The molecule has 1 saturated heterocycles.